The molecule has 7 heteroatoms. The van der Waals surface area contributed by atoms with Crippen LogP contribution in [0.15, 0.2) is 22.7 Å². The van der Waals surface area contributed by atoms with E-state index in [1.54, 1.807) is 0 Å². The van der Waals surface area contributed by atoms with E-state index in [9.17, 15) is 4.39 Å². The smallest absolute Gasteiger partial charge is 0.124 e. The molecule has 2 aromatic rings. The van der Waals surface area contributed by atoms with Gasteiger partial charge in [0.1, 0.15) is 5.82 Å². The van der Waals surface area contributed by atoms with Gasteiger partial charge in [0.15, 0.2) is 0 Å². The van der Waals surface area contributed by atoms with Crippen molar-refractivity contribution < 1.29 is 4.39 Å². The Kier molecular flexibility index (Phi) is 5.08. The zero-order valence-electron chi connectivity index (χ0n) is 12.2. The summed E-state index contributed by atoms with van der Waals surface area (Å²) in [5.41, 5.74) is 4.47. The lowest BCUT2D eigenvalue weighted by Crippen LogP contribution is -2.31. The number of nitrogens with two attached hydrogens (primary N) is 1. The molecule has 0 spiro atoms. The Morgan fingerprint density at radius 1 is 1.38 bits per heavy atom. The van der Waals surface area contributed by atoms with Crippen LogP contribution >= 0.6 is 27.5 Å². The summed E-state index contributed by atoms with van der Waals surface area (Å²) in [4.78, 5) is 0.991. The van der Waals surface area contributed by atoms with Gasteiger partial charge in [-0.2, -0.15) is 0 Å². The van der Waals surface area contributed by atoms with E-state index in [2.05, 4.69) is 51.7 Å². The summed E-state index contributed by atoms with van der Waals surface area (Å²) in [5, 5.41) is 4.22. The van der Waals surface area contributed by atoms with Crippen molar-refractivity contribution in [2.24, 2.45) is 5.84 Å². The molecule has 0 aliphatic rings. The second-order valence-electron chi connectivity index (χ2n) is 5.94. The lowest BCUT2D eigenvalue weighted by atomic mass is 9.89. The molecule has 0 amide bonds. The van der Waals surface area contributed by atoms with Crippen molar-refractivity contribution in [2.75, 3.05) is 0 Å². The maximum atomic E-state index is 13.5. The Bertz CT molecular complexity index is 603. The number of hydrogen-bond acceptors (Lipinski definition) is 5. The molecular formula is C14H18BrFN4S. The van der Waals surface area contributed by atoms with Crippen LogP contribution in [0.2, 0.25) is 0 Å². The zero-order chi connectivity index (χ0) is 15.6. The lowest BCUT2D eigenvalue weighted by Gasteiger charge is -2.21. The van der Waals surface area contributed by atoms with Crippen LogP contribution in [-0.4, -0.2) is 9.59 Å². The molecule has 2 rings (SSSR count). The van der Waals surface area contributed by atoms with Crippen LogP contribution in [0.3, 0.4) is 0 Å². The molecule has 1 aromatic carbocycles. The summed E-state index contributed by atoms with van der Waals surface area (Å²) >= 11 is 4.63. The van der Waals surface area contributed by atoms with Crippen LogP contribution in [0.1, 0.15) is 42.9 Å². The number of hydrogen-bond donors (Lipinski definition) is 2. The summed E-state index contributed by atoms with van der Waals surface area (Å²) in [6, 6.07) is 4.69. The van der Waals surface area contributed by atoms with Crippen molar-refractivity contribution in [1.82, 2.24) is 15.0 Å². The second-order valence-corrected chi connectivity index (χ2v) is 7.64. The molecule has 114 valence electrons. The highest BCUT2D eigenvalue weighted by molar-refractivity contribution is 9.10. The van der Waals surface area contributed by atoms with Crippen LogP contribution in [0.4, 0.5) is 4.39 Å². The van der Waals surface area contributed by atoms with Crippen LogP contribution in [-0.2, 0) is 11.8 Å². The first-order valence-electron chi connectivity index (χ1n) is 6.55. The van der Waals surface area contributed by atoms with Crippen molar-refractivity contribution in [1.29, 1.82) is 0 Å². The Morgan fingerprint density at radius 2 is 2.10 bits per heavy atom. The summed E-state index contributed by atoms with van der Waals surface area (Å²) in [5.74, 6) is 5.43. The van der Waals surface area contributed by atoms with Gasteiger partial charge in [0.05, 0.1) is 16.6 Å². The number of hydrazine groups is 1. The lowest BCUT2D eigenvalue weighted by molar-refractivity contribution is 0.514. The molecule has 1 atom stereocenters. The van der Waals surface area contributed by atoms with Crippen molar-refractivity contribution in [2.45, 2.75) is 38.6 Å². The average Bonchev–Trinajstić information content (AvgIpc) is 2.83. The van der Waals surface area contributed by atoms with Crippen LogP contribution in [0.5, 0.6) is 0 Å². The summed E-state index contributed by atoms with van der Waals surface area (Å²) < 4.78 is 18.3. The van der Waals surface area contributed by atoms with E-state index in [1.807, 2.05) is 6.07 Å². The third-order valence-corrected chi connectivity index (χ3v) is 4.40. The van der Waals surface area contributed by atoms with Crippen LogP contribution in [0.25, 0.3) is 0 Å². The molecule has 0 saturated heterocycles. The topological polar surface area (TPSA) is 63.8 Å². The number of benzene rings is 1. The third-order valence-electron chi connectivity index (χ3n) is 3.10. The van der Waals surface area contributed by atoms with E-state index in [-0.39, 0.29) is 17.3 Å². The summed E-state index contributed by atoms with van der Waals surface area (Å²) in [6.07, 6.45) is 0.569. The highest BCUT2D eigenvalue weighted by Gasteiger charge is 2.27. The van der Waals surface area contributed by atoms with Crippen molar-refractivity contribution >= 4 is 27.5 Å². The van der Waals surface area contributed by atoms with E-state index in [0.29, 0.717) is 10.9 Å². The van der Waals surface area contributed by atoms with Crippen molar-refractivity contribution in [3.05, 3.63) is 44.6 Å². The molecule has 21 heavy (non-hydrogen) atoms. The Balaban J connectivity index is 2.31. The van der Waals surface area contributed by atoms with Gasteiger partial charge in [0.2, 0.25) is 0 Å². The Labute approximate surface area is 136 Å². The third kappa shape index (κ3) is 4.06. The molecule has 4 nitrogen and oxygen atoms in total. The maximum absolute atomic E-state index is 13.5. The minimum Gasteiger partial charge on any atom is -0.271 e. The highest BCUT2D eigenvalue weighted by atomic mass is 79.9. The fourth-order valence-electron chi connectivity index (χ4n) is 2.14. The fraction of sp³-hybridized carbons (Fsp3) is 0.429. The molecule has 1 aromatic heterocycles. The number of aromatic nitrogens is 2. The fourth-order valence-corrected chi connectivity index (χ4v) is 3.57. The molecule has 1 heterocycles. The molecule has 1 unspecified atom stereocenters. The first-order chi connectivity index (χ1) is 9.81. The predicted molar refractivity (Wildman–Crippen MR) is 86.5 cm³/mol. The van der Waals surface area contributed by atoms with E-state index in [4.69, 9.17) is 5.84 Å². The van der Waals surface area contributed by atoms with E-state index >= 15 is 0 Å². The van der Waals surface area contributed by atoms with Gasteiger partial charge in [-0.15, -0.1) is 5.10 Å². The van der Waals surface area contributed by atoms with E-state index < -0.39 is 0 Å². The van der Waals surface area contributed by atoms with Crippen molar-refractivity contribution in [3.63, 3.8) is 0 Å². The standard InChI is InChI=1S/C14H18BrFN4S/c1-14(2,3)13-12(21-20-19-13)11(18-17)6-8-4-9(15)7-10(16)5-8/h4-5,7,11,18H,6,17H2,1-3H3. The van der Waals surface area contributed by atoms with Gasteiger partial charge in [-0.3, -0.25) is 11.3 Å². The Hall–Kier alpha value is -0.890. The first-order valence-corrected chi connectivity index (χ1v) is 8.11. The largest absolute Gasteiger partial charge is 0.271 e. The van der Waals surface area contributed by atoms with Crippen LogP contribution in [0, 0.1) is 5.82 Å². The zero-order valence-corrected chi connectivity index (χ0v) is 14.6. The molecule has 3 N–H and O–H groups in total. The van der Waals surface area contributed by atoms with Crippen molar-refractivity contribution in [3.8, 4) is 0 Å². The van der Waals surface area contributed by atoms with Gasteiger partial charge in [-0.25, -0.2) is 4.39 Å². The minimum atomic E-state index is -0.270. The average molecular weight is 373 g/mol. The van der Waals surface area contributed by atoms with Gasteiger partial charge >= 0.3 is 0 Å². The van der Waals surface area contributed by atoms with Gasteiger partial charge in [-0.1, -0.05) is 41.2 Å². The summed E-state index contributed by atoms with van der Waals surface area (Å²) in [6.45, 7) is 6.25. The second kappa shape index (κ2) is 6.48. The maximum Gasteiger partial charge on any atom is 0.124 e. The molecule has 0 radical (unpaired) electrons. The molecular weight excluding hydrogens is 355 g/mol. The van der Waals surface area contributed by atoms with Gasteiger partial charge < -0.3 is 0 Å². The van der Waals surface area contributed by atoms with E-state index in [0.717, 1.165) is 16.1 Å². The number of rotatable bonds is 4. The molecule has 0 fully saturated rings. The molecule has 0 aliphatic carbocycles. The molecule has 0 bridgehead atoms. The van der Waals surface area contributed by atoms with Gasteiger partial charge in [-0.05, 0) is 41.7 Å². The Morgan fingerprint density at radius 3 is 2.67 bits per heavy atom. The van der Waals surface area contributed by atoms with Gasteiger partial charge in [0, 0.05) is 9.89 Å². The normalized spacial score (nSPS) is 13.4. The SMILES string of the molecule is CC(C)(C)c1nnsc1C(Cc1cc(F)cc(Br)c1)NN. The van der Waals surface area contributed by atoms with Gasteiger partial charge in [0.25, 0.3) is 0 Å². The number of nitrogens with one attached hydrogen (secondary N) is 1. The quantitative estimate of drug-likeness (QED) is 0.636. The highest BCUT2D eigenvalue weighted by Crippen LogP contribution is 2.32. The first kappa shape index (κ1) is 16.5. The van der Waals surface area contributed by atoms with Crippen LogP contribution < -0.4 is 11.3 Å². The monoisotopic (exact) mass is 372 g/mol. The number of halogens is 2. The molecule has 0 saturated carbocycles. The summed E-state index contributed by atoms with van der Waals surface area (Å²) in [7, 11) is 0. The number of nitrogens with zero attached hydrogens (tertiary/aromatic N) is 2. The minimum absolute atomic E-state index is 0.111. The predicted octanol–water partition coefficient (Wildman–Crippen LogP) is 3.48. The molecule has 0 aliphatic heterocycles. The van der Waals surface area contributed by atoms with E-state index in [1.165, 1.54) is 23.7 Å².